The van der Waals surface area contributed by atoms with Gasteiger partial charge >= 0.3 is 0 Å². The maximum atomic E-state index is 12.3. The third-order valence-electron chi connectivity index (χ3n) is 4.04. The molecule has 1 aromatic rings. The number of nitrogens with one attached hydrogen (secondary N) is 1. The van der Waals surface area contributed by atoms with Crippen molar-refractivity contribution in [1.82, 2.24) is 10.3 Å². The summed E-state index contributed by atoms with van der Waals surface area (Å²) in [4.78, 5) is 16.7. The summed E-state index contributed by atoms with van der Waals surface area (Å²) in [6.07, 6.45) is 7.39. The second kappa shape index (κ2) is 5.79. The Kier molecular flexibility index (Phi) is 4.17. The van der Waals surface area contributed by atoms with E-state index in [2.05, 4.69) is 10.3 Å². The quantitative estimate of drug-likeness (QED) is 0.820. The molecule has 0 bridgehead atoms. The smallest absolute Gasteiger partial charge is 0.216 e. The van der Waals surface area contributed by atoms with Crippen molar-refractivity contribution in [3.8, 4) is 0 Å². The van der Waals surface area contributed by atoms with E-state index in [1.54, 1.807) is 18.3 Å². The lowest BCUT2D eigenvalue weighted by atomic mass is 9.93. The Morgan fingerprint density at radius 3 is 2.67 bits per heavy atom. The first-order valence-corrected chi connectivity index (χ1v) is 8.20. The van der Waals surface area contributed by atoms with Crippen molar-refractivity contribution in [3.63, 3.8) is 0 Å². The van der Waals surface area contributed by atoms with Crippen LogP contribution < -0.4 is 5.32 Å². The standard InChI is InChI=1S/C15H15Cl3N2O/c16-11-13(20-9-5-2-1-3-6-9)12-10(7-4-8-19-12)15(17,18)14(11)21/h4,7-9,20H,1-3,5-6H2. The zero-order valence-electron chi connectivity index (χ0n) is 11.3. The molecule has 0 aliphatic heterocycles. The van der Waals surface area contributed by atoms with Gasteiger partial charge in [0.15, 0.2) is 0 Å². The average molecular weight is 346 g/mol. The zero-order chi connectivity index (χ0) is 15.0. The lowest BCUT2D eigenvalue weighted by Crippen LogP contribution is -2.37. The highest BCUT2D eigenvalue weighted by molar-refractivity contribution is 6.65. The van der Waals surface area contributed by atoms with E-state index in [1.807, 2.05) is 0 Å². The Bertz CT molecular complexity index is 607. The predicted octanol–water partition coefficient (Wildman–Crippen LogP) is 4.12. The molecular weight excluding hydrogens is 331 g/mol. The first-order valence-electron chi connectivity index (χ1n) is 7.06. The number of halogens is 3. The van der Waals surface area contributed by atoms with Gasteiger partial charge in [0.1, 0.15) is 5.03 Å². The van der Waals surface area contributed by atoms with Gasteiger partial charge in [-0.3, -0.25) is 9.78 Å². The number of nitrogens with zero attached hydrogens (tertiary/aromatic N) is 1. The number of carbonyl (C=O) groups excluding carboxylic acids is 1. The normalized spacial score (nSPS) is 22.1. The molecule has 0 radical (unpaired) electrons. The van der Waals surface area contributed by atoms with Crippen molar-refractivity contribution in [2.75, 3.05) is 0 Å². The number of carbonyl (C=O) groups is 1. The van der Waals surface area contributed by atoms with Gasteiger partial charge in [-0.15, -0.1) is 0 Å². The molecule has 0 saturated heterocycles. The molecule has 3 nitrogen and oxygen atoms in total. The highest BCUT2D eigenvalue weighted by atomic mass is 35.5. The number of aromatic nitrogens is 1. The van der Waals surface area contributed by atoms with Crippen LogP contribution in [0, 0.1) is 0 Å². The Morgan fingerprint density at radius 1 is 1.24 bits per heavy atom. The lowest BCUT2D eigenvalue weighted by molar-refractivity contribution is -0.115. The third kappa shape index (κ3) is 2.67. The van der Waals surface area contributed by atoms with Gasteiger partial charge in [-0.25, -0.2) is 0 Å². The molecule has 21 heavy (non-hydrogen) atoms. The average Bonchev–Trinajstić information content (AvgIpc) is 2.51. The van der Waals surface area contributed by atoms with E-state index < -0.39 is 10.1 Å². The summed E-state index contributed by atoms with van der Waals surface area (Å²) in [5, 5.41) is 3.42. The summed E-state index contributed by atoms with van der Waals surface area (Å²) in [5.74, 6) is -0.494. The summed E-state index contributed by atoms with van der Waals surface area (Å²) < 4.78 is -1.67. The molecule has 1 aromatic heterocycles. The lowest BCUT2D eigenvalue weighted by Gasteiger charge is -2.31. The van der Waals surface area contributed by atoms with Crippen molar-refractivity contribution in [1.29, 1.82) is 0 Å². The molecule has 0 aromatic carbocycles. The largest absolute Gasteiger partial charge is 0.379 e. The Morgan fingerprint density at radius 2 is 1.95 bits per heavy atom. The van der Waals surface area contributed by atoms with Gasteiger partial charge in [0, 0.05) is 17.8 Å². The fourth-order valence-corrected chi connectivity index (χ4v) is 3.79. The van der Waals surface area contributed by atoms with Crippen LogP contribution in [0.5, 0.6) is 0 Å². The maximum Gasteiger partial charge on any atom is 0.216 e. The van der Waals surface area contributed by atoms with Gasteiger partial charge in [0.05, 0.1) is 11.4 Å². The zero-order valence-corrected chi connectivity index (χ0v) is 13.6. The molecule has 1 fully saturated rings. The third-order valence-corrected chi connectivity index (χ3v) is 5.15. The molecular formula is C15H15Cl3N2O. The van der Waals surface area contributed by atoms with Crippen molar-refractivity contribution in [2.24, 2.45) is 0 Å². The van der Waals surface area contributed by atoms with Crippen LogP contribution in [0.15, 0.2) is 23.4 Å². The molecule has 2 aliphatic rings. The molecule has 2 aliphatic carbocycles. The number of Topliss-reactive ketones (excluding diaryl/α,β-unsaturated/α-hetero) is 1. The molecule has 0 amide bonds. The van der Waals surface area contributed by atoms with E-state index in [4.69, 9.17) is 34.8 Å². The number of hydrogen-bond donors (Lipinski definition) is 1. The SMILES string of the molecule is O=C1C(Cl)=C(NC2CCCCC2)c2ncccc2C1(Cl)Cl. The van der Waals surface area contributed by atoms with Crippen molar-refractivity contribution in [3.05, 3.63) is 34.6 Å². The minimum absolute atomic E-state index is 0.0387. The molecule has 0 atom stereocenters. The van der Waals surface area contributed by atoms with Crippen LogP contribution in [0.4, 0.5) is 0 Å². The Balaban J connectivity index is 2.01. The topological polar surface area (TPSA) is 42.0 Å². The number of allylic oxidation sites excluding steroid dienone is 1. The van der Waals surface area contributed by atoms with Gasteiger partial charge in [0.2, 0.25) is 10.1 Å². The van der Waals surface area contributed by atoms with E-state index in [0.29, 0.717) is 23.0 Å². The van der Waals surface area contributed by atoms with Gasteiger partial charge in [-0.05, 0) is 18.9 Å². The molecule has 0 spiro atoms. The first-order chi connectivity index (χ1) is 10.0. The van der Waals surface area contributed by atoms with E-state index in [0.717, 1.165) is 12.8 Å². The van der Waals surface area contributed by atoms with E-state index in [1.165, 1.54) is 19.3 Å². The molecule has 3 rings (SSSR count). The van der Waals surface area contributed by atoms with Crippen LogP contribution in [0.2, 0.25) is 0 Å². The second-order valence-electron chi connectivity index (χ2n) is 5.47. The number of rotatable bonds is 2. The van der Waals surface area contributed by atoms with Crippen LogP contribution in [0.3, 0.4) is 0 Å². The maximum absolute atomic E-state index is 12.3. The highest BCUT2D eigenvalue weighted by Crippen LogP contribution is 2.45. The molecule has 1 N–H and O–H groups in total. The van der Waals surface area contributed by atoms with Crippen LogP contribution in [-0.2, 0) is 9.13 Å². The summed E-state index contributed by atoms with van der Waals surface area (Å²) in [6, 6.07) is 3.73. The first kappa shape index (κ1) is 15.1. The fraction of sp³-hybridized carbons (Fsp3) is 0.467. The summed E-state index contributed by atoms with van der Waals surface area (Å²) >= 11 is 18.6. The van der Waals surface area contributed by atoms with Crippen LogP contribution in [0.1, 0.15) is 43.4 Å². The summed E-state index contributed by atoms with van der Waals surface area (Å²) in [6.45, 7) is 0. The number of ketones is 1. The van der Waals surface area contributed by atoms with Crippen molar-refractivity contribution in [2.45, 2.75) is 42.5 Å². The molecule has 1 saturated carbocycles. The van der Waals surface area contributed by atoms with Crippen molar-refractivity contribution < 1.29 is 4.79 Å². The predicted molar refractivity (Wildman–Crippen MR) is 85.4 cm³/mol. The van der Waals surface area contributed by atoms with Crippen LogP contribution in [0.25, 0.3) is 5.70 Å². The number of fused-ring (bicyclic) bond motifs is 1. The highest BCUT2D eigenvalue weighted by Gasteiger charge is 2.45. The molecule has 1 heterocycles. The van der Waals surface area contributed by atoms with E-state index in [-0.39, 0.29) is 5.03 Å². The van der Waals surface area contributed by atoms with Crippen LogP contribution >= 0.6 is 34.8 Å². The number of hydrogen-bond acceptors (Lipinski definition) is 3. The van der Waals surface area contributed by atoms with Gasteiger partial charge < -0.3 is 5.32 Å². The van der Waals surface area contributed by atoms with Gasteiger partial charge in [-0.2, -0.15) is 0 Å². The number of alkyl halides is 2. The van der Waals surface area contributed by atoms with Crippen LogP contribution in [-0.4, -0.2) is 16.8 Å². The minimum Gasteiger partial charge on any atom is -0.379 e. The second-order valence-corrected chi connectivity index (χ2v) is 7.18. The Hall–Kier alpha value is -0.770. The van der Waals surface area contributed by atoms with E-state index >= 15 is 0 Å². The Labute approximate surface area is 138 Å². The minimum atomic E-state index is -1.67. The van der Waals surface area contributed by atoms with Crippen molar-refractivity contribution >= 4 is 46.3 Å². The molecule has 6 heteroatoms. The van der Waals surface area contributed by atoms with Gasteiger partial charge in [0.25, 0.3) is 0 Å². The summed E-state index contributed by atoms with van der Waals surface area (Å²) in [7, 11) is 0. The van der Waals surface area contributed by atoms with Gasteiger partial charge in [-0.1, -0.05) is 60.1 Å². The molecule has 0 unspecified atom stereocenters. The number of pyridine rings is 1. The summed E-state index contributed by atoms with van der Waals surface area (Å²) in [5.41, 5.74) is 1.61. The monoisotopic (exact) mass is 344 g/mol. The fourth-order valence-electron chi connectivity index (χ4n) is 2.92. The molecule has 112 valence electrons. The van der Waals surface area contributed by atoms with E-state index in [9.17, 15) is 4.79 Å².